The largest absolute Gasteiger partial charge is 0.388 e. The van der Waals surface area contributed by atoms with Crippen molar-refractivity contribution in [3.8, 4) is 0 Å². The highest BCUT2D eigenvalue weighted by molar-refractivity contribution is 5.90. The van der Waals surface area contributed by atoms with Gasteiger partial charge in [0.25, 0.3) is 0 Å². The second kappa shape index (κ2) is 8.15. The third-order valence-corrected chi connectivity index (χ3v) is 4.18. The Bertz CT molecular complexity index is 483. The molecular weight excluding hydrogens is 280 g/mol. The van der Waals surface area contributed by atoms with Gasteiger partial charge >= 0.3 is 6.03 Å². The summed E-state index contributed by atoms with van der Waals surface area (Å²) >= 11 is 0. The molecule has 0 saturated heterocycles. The average Bonchev–Trinajstić information content (AvgIpc) is 2.73. The molecular formula is C17H26N2O3. The van der Waals surface area contributed by atoms with Crippen LogP contribution in [0.1, 0.15) is 44.1 Å². The van der Waals surface area contributed by atoms with Crippen molar-refractivity contribution in [1.82, 2.24) is 5.32 Å². The molecule has 1 aromatic carbocycles. The van der Waals surface area contributed by atoms with Gasteiger partial charge < -0.3 is 20.5 Å². The first-order valence-electron chi connectivity index (χ1n) is 7.97. The molecule has 0 spiro atoms. The molecule has 1 aliphatic rings. The zero-order valence-electron chi connectivity index (χ0n) is 13.2. The number of urea groups is 1. The monoisotopic (exact) mass is 306 g/mol. The summed E-state index contributed by atoms with van der Waals surface area (Å²) in [5, 5.41) is 16.2. The van der Waals surface area contributed by atoms with E-state index in [1.54, 1.807) is 7.11 Å². The van der Waals surface area contributed by atoms with E-state index in [-0.39, 0.29) is 6.03 Å². The van der Waals surface area contributed by atoms with Gasteiger partial charge in [0.1, 0.15) is 0 Å². The molecule has 0 aromatic heterocycles. The molecule has 1 fully saturated rings. The Morgan fingerprint density at radius 2 is 1.91 bits per heavy atom. The van der Waals surface area contributed by atoms with Crippen LogP contribution in [0.3, 0.4) is 0 Å². The van der Waals surface area contributed by atoms with Crippen molar-refractivity contribution < 1.29 is 14.6 Å². The van der Waals surface area contributed by atoms with E-state index in [2.05, 4.69) is 10.6 Å². The highest BCUT2D eigenvalue weighted by atomic mass is 16.5. The molecule has 2 amide bonds. The average molecular weight is 306 g/mol. The van der Waals surface area contributed by atoms with Crippen LogP contribution in [0.25, 0.3) is 0 Å². The predicted octanol–water partition coefficient (Wildman–Crippen LogP) is 3.04. The lowest BCUT2D eigenvalue weighted by Gasteiger charge is -2.26. The molecule has 2 rings (SSSR count). The van der Waals surface area contributed by atoms with E-state index in [1.165, 1.54) is 12.8 Å². The lowest BCUT2D eigenvalue weighted by Crippen LogP contribution is -2.44. The number of carbonyl (C=O) groups excluding carboxylic acids is 1. The van der Waals surface area contributed by atoms with Gasteiger partial charge in [0, 0.05) is 24.9 Å². The summed E-state index contributed by atoms with van der Waals surface area (Å²) < 4.78 is 5.12. The van der Waals surface area contributed by atoms with Crippen LogP contribution >= 0.6 is 0 Å². The van der Waals surface area contributed by atoms with Crippen molar-refractivity contribution in [3.05, 3.63) is 29.8 Å². The molecule has 22 heavy (non-hydrogen) atoms. The van der Waals surface area contributed by atoms with E-state index in [0.717, 1.165) is 36.9 Å². The van der Waals surface area contributed by atoms with Gasteiger partial charge in [0.15, 0.2) is 0 Å². The zero-order chi connectivity index (χ0) is 15.8. The number of hydrogen-bond donors (Lipinski definition) is 3. The second-order valence-electron chi connectivity index (χ2n) is 6.04. The van der Waals surface area contributed by atoms with Gasteiger partial charge in [-0.05, 0) is 18.9 Å². The molecule has 0 heterocycles. The third-order valence-electron chi connectivity index (χ3n) is 4.18. The maximum absolute atomic E-state index is 12.1. The Balaban J connectivity index is 1.87. The van der Waals surface area contributed by atoms with Crippen molar-refractivity contribution >= 4 is 11.7 Å². The van der Waals surface area contributed by atoms with Crippen LogP contribution in [0, 0.1) is 0 Å². The maximum Gasteiger partial charge on any atom is 0.319 e. The predicted molar refractivity (Wildman–Crippen MR) is 86.8 cm³/mol. The number of ether oxygens (including phenoxy) is 1. The first kappa shape index (κ1) is 16.8. The van der Waals surface area contributed by atoms with Gasteiger partial charge in [-0.25, -0.2) is 4.79 Å². The van der Waals surface area contributed by atoms with Crippen LogP contribution in [-0.2, 0) is 11.3 Å². The molecule has 0 aliphatic heterocycles. The number of anilines is 1. The summed E-state index contributed by atoms with van der Waals surface area (Å²) in [4.78, 5) is 12.1. The Morgan fingerprint density at radius 1 is 1.23 bits per heavy atom. The maximum atomic E-state index is 12.1. The fourth-order valence-corrected chi connectivity index (χ4v) is 2.90. The topological polar surface area (TPSA) is 70.6 Å². The van der Waals surface area contributed by atoms with E-state index in [4.69, 9.17) is 4.74 Å². The molecule has 5 nitrogen and oxygen atoms in total. The van der Waals surface area contributed by atoms with Crippen LogP contribution < -0.4 is 10.6 Å². The Hall–Kier alpha value is -1.59. The van der Waals surface area contributed by atoms with Gasteiger partial charge in [-0.2, -0.15) is 0 Å². The number of aliphatic hydroxyl groups is 1. The quantitative estimate of drug-likeness (QED) is 0.732. The third kappa shape index (κ3) is 5.00. The van der Waals surface area contributed by atoms with E-state index in [9.17, 15) is 9.90 Å². The Labute approximate surface area is 132 Å². The summed E-state index contributed by atoms with van der Waals surface area (Å²) in [5.74, 6) is 0. The summed E-state index contributed by atoms with van der Waals surface area (Å²) in [6.07, 6.45) is 5.89. The van der Waals surface area contributed by atoms with Crippen LogP contribution in [0.2, 0.25) is 0 Å². The number of hydrogen-bond acceptors (Lipinski definition) is 3. The van der Waals surface area contributed by atoms with E-state index < -0.39 is 5.60 Å². The summed E-state index contributed by atoms with van der Waals surface area (Å²) in [6, 6.07) is 7.24. The number of methoxy groups -OCH3 is 1. The number of para-hydroxylation sites is 1. The molecule has 0 radical (unpaired) electrons. The van der Waals surface area contributed by atoms with Gasteiger partial charge in [0.05, 0.1) is 12.2 Å². The fraction of sp³-hybridized carbons (Fsp3) is 0.588. The molecule has 0 bridgehead atoms. The Morgan fingerprint density at radius 3 is 2.59 bits per heavy atom. The van der Waals surface area contributed by atoms with Gasteiger partial charge in [-0.1, -0.05) is 43.9 Å². The van der Waals surface area contributed by atoms with Gasteiger partial charge in [-0.3, -0.25) is 0 Å². The first-order chi connectivity index (χ1) is 10.6. The number of carbonyl (C=O) groups is 1. The summed E-state index contributed by atoms with van der Waals surface area (Å²) in [5.41, 5.74) is 0.892. The second-order valence-corrected chi connectivity index (χ2v) is 6.04. The lowest BCUT2D eigenvalue weighted by atomic mass is 9.95. The van der Waals surface area contributed by atoms with Gasteiger partial charge in [0.2, 0.25) is 0 Å². The van der Waals surface area contributed by atoms with Crippen molar-refractivity contribution in [2.24, 2.45) is 0 Å². The standard InChI is InChI=1S/C17H26N2O3/c1-22-12-14-8-4-5-9-15(14)19-16(20)18-13-17(21)10-6-2-3-7-11-17/h4-5,8-9,21H,2-3,6-7,10-13H2,1H3,(H2,18,19,20). The van der Waals surface area contributed by atoms with E-state index >= 15 is 0 Å². The van der Waals surface area contributed by atoms with Crippen molar-refractivity contribution in [1.29, 1.82) is 0 Å². The molecule has 122 valence electrons. The smallest absolute Gasteiger partial charge is 0.319 e. The number of amides is 2. The fourth-order valence-electron chi connectivity index (χ4n) is 2.90. The van der Waals surface area contributed by atoms with Crippen molar-refractivity contribution in [2.75, 3.05) is 19.0 Å². The molecule has 0 atom stereocenters. The first-order valence-corrected chi connectivity index (χ1v) is 7.97. The van der Waals surface area contributed by atoms with Crippen molar-refractivity contribution in [2.45, 2.75) is 50.7 Å². The van der Waals surface area contributed by atoms with E-state index in [0.29, 0.717) is 13.2 Å². The highest BCUT2D eigenvalue weighted by Gasteiger charge is 2.28. The van der Waals surface area contributed by atoms with Crippen LogP contribution in [-0.4, -0.2) is 30.4 Å². The molecule has 5 heteroatoms. The van der Waals surface area contributed by atoms with E-state index in [1.807, 2.05) is 24.3 Å². The number of nitrogens with one attached hydrogen (secondary N) is 2. The molecule has 1 aromatic rings. The van der Waals surface area contributed by atoms with Crippen LogP contribution in [0.5, 0.6) is 0 Å². The minimum Gasteiger partial charge on any atom is -0.388 e. The number of rotatable bonds is 5. The normalized spacial score (nSPS) is 17.5. The summed E-state index contributed by atoms with van der Waals surface area (Å²) in [6.45, 7) is 0.742. The Kier molecular flexibility index (Phi) is 6.21. The minimum atomic E-state index is -0.764. The molecule has 3 N–H and O–H groups in total. The van der Waals surface area contributed by atoms with Gasteiger partial charge in [-0.15, -0.1) is 0 Å². The van der Waals surface area contributed by atoms with Crippen molar-refractivity contribution in [3.63, 3.8) is 0 Å². The SMILES string of the molecule is COCc1ccccc1NC(=O)NCC1(O)CCCCCC1. The number of benzene rings is 1. The molecule has 0 unspecified atom stereocenters. The molecule has 1 aliphatic carbocycles. The minimum absolute atomic E-state index is 0.291. The molecule has 1 saturated carbocycles. The van der Waals surface area contributed by atoms with Crippen LogP contribution in [0.4, 0.5) is 10.5 Å². The summed E-state index contributed by atoms with van der Waals surface area (Å²) in [7, 11) is 1.62. The lowest BCUT2D eigenvalue weighted by molar-refractivity contribution is 0.0281. The van der Waals surface area contributed by atoms with Crippen LogP contribution in [0.15, 0.2) is 24.3 Å². The highest BCUT2D eigenvalue weighted by Crippen LogP contribution is 2.26. The zero-order valence-corrected chi connectivity index (χ0v) is 13.2.